The number of carboxylic acid groups (broad SMARTS) is 1. The number of carbonyl (C=O) groups is 3. The zero-order chi connectivity index (χ0) is 19.6. The van der Waals surface area contributed by atoms with Gasteiger partial charge < -0.3 is 5.11 Å². The average molecular weight is 358 g/mol. The third-order valence-corrected chi connectivity index (χ3v) is 4.56. The molecule has 4 nitrogen and oxygen atoms in total. The number of rotatable bonds is 4. The summed E-state index contributed by atoms with van der Waals surface area (Å²) >= 11 is 0. The number of aromatic carboxylic acids is 1. The first-order valence-corrected chi connectivity index (χ1v) is 8.46. The lowest BCUT2D eigenvalue weighted by Gasteiger charge is -2.20. The van der Waals surface area contributed by atoms with Gasteiger partial charge in [0.15, 0.2) is 5.78 Å². The van der Waals surface area contributed by atoms with Crippen LogP contribution in [0.15, 0.2) is 71.8 Å². The predicted octanol–water partition coefficient (Wildman–Crippen LogP) is 4.39. The topological polar surface area (TPSA) is 71.4 Å². The van der Waals surface area contributed by atoms with E-state index < -0.39 is 5.97 Å². The molecule has 0 atom stereocenters. The fourth-order valence-electron chi connectivity index (χ4n) is 3.24. The molecule has 0 aliphatic heterocycles. The van der Waals surface area contributed by atoms with Crippen LogP contribution in [0.4, 0.5) is 0 Å². The van der Waals surface area contributed by atoms with Gasteiger partial charge in [0, 0.05) is 5.56 Å². The van der Waals surface area contributed by atoms with Gasteiger partial charge >= 0.3 is 5.97 Å². The second-order valence-electron chi connectivity index (χ2n) is 6.39. The monoisotopic (exact) mass is 358 g/mol. The maximum atomic E-state index is 11.9. The fraction of sp³-hybridized carbons (Fsp3) is 0.0870. The van der Waals surface area contributed by atoms with Gasteiger partial charge in [0.2, 0.25) is 0 Å². The molecular weight excluding hydrogens is 340 g/mol. The molecule has 0 saturated heterocycles. The minimum Gasteiger partial charge on any atom is -0.478 e. The SMILES string of the molecule is CC1=CC(=O)C=C/C1=C(/c1ccccc1C)c1ccc(C=O)cc1C(=O)O. The van der Waals surface area contributed by atoms with Gasteiger partial charge in [0.05, 0.1) is 5.56 Å². The Kier molecular flexibility index (Phi) is 4.99. The van der Waals surface area contributed by atoms with Crippen LogP contribution in [0.25, 0.3) is 5.57 Å². The number of aryl methyl sites for hydroxylation is 1. The Balaban J connectivity index is 2.41. The Morgan fingerprint density at radius 2 is 1.70 bits per heavy atom. The highest BCUT2D eigenvalue weighted by Gasteiger charge is 2.21. The molecule has 4 heteroatoms. The van der Waals surface area contributed by atoms with E-state index in [1.54, 1.807) is 18.2 Å². The number of aldehydes is 1. The van der Waals surface area contributed by atoms with Crippen LogP contribution in [0, 0.1) is 6.92 Å². The van der Waals surface area contributed by atoms with Crippen molar-refractivity contribution in [3.8, 4) is 0 Å². The van der Waals surface area contributed by atoms with E-state index in [0.29, 0.717) is 17.4 Å². The number of hydrogen-bond acceptors (Lipinski definition) is 3. The lowest BCUT2D eigenvalue weighted by atomic mass is 9.83. The van der Waals surface area contributed by atoms with Crippen LogP contribution in [0.2, 0.25) is 0 Å². The number of allylic oxidation sites excluding steroid dienone is 5. The normalized spacial score (nSPS) is 15.3. The van der Waals surface area contributed by atoms with Crippen LogP contribution in [-0.4, -0.2) is 23.1 Å². The first-order valence-electron chi connectivity index (χ1n) is 8.46. The van der Waals surface area contributed by atoms with Crippen LogP contribution >= 0.6 is 0 Å². The van der Waals surface area contributed by atoms with Crippen molar-refractivity contribution in [3.05, 3.63) is 99.7 Å². The lowest BCUT2D eigenvalue weighted by Crippen LogP contribution is -2.08. The summed E-state index contributed by atoms with van der Waals surface area (Å²) in [5.41, 5.74) is 4.97. The van der Waals surface area contributed by atoms with E-state index in [-0.39, 0.29) is 11.3 Å². The summed E-state index contributed by atoms with van der Waals surface area (Å²) in [7, 11) is 0. The van der Waals surface area contributed by atoms with Gasteiger partial charge in [0.1, 0.15) is 6.29 Å². The summed E-state index contributed by atoms with van der Waals surface area (Å²) in [6.07, 6.45) is 5.36. The fourth-order valence-corrected chi connectivity index (χ4v) is 3.24. The smallest absolute Gasteiger partial charge is 0.336 e. The maximum Gasteiger partial charge on any atom is 0.336 e. The number of hydrogen-bond donors (Lipinski definition) is 1. The summed E-state index contributed by atoms with van der Waals surface area (Å²) in [6, 6.07) is 12.3. The van der Waals surface area contributed by atoms with Crippen LogP contribution in [0.3, 0.4) is 0 Å². The maximum absolute atomic E-state index is 11.9. The first-order chi connectivity index (χ1) is 12.9. The third-order valence-electron chi connectivity index (χ3n) is 4.56. The van der Waals surface area contributed by atoms with Gasteiger partial charge in [-0.15, -0.1) is 0 Å². The lowest BCUT2D eigenvalue weighted by molar-refractivity contribution is -0.110. The van der Waals surface area contributed by atoms with E-state index in [9.17, 15) is 19.5 Å². The molecule has 134 valence electrons. The highest BCUT2D eigenvalue weighted by atomic mass is 16.4. The van der Waals surface area contributed by atoms with Crippen molar-refractivity contribution in [1.29, 1.82) is 0 Å². The minimum atomic E-state index is -1.11. The molecule has 1 aliphatic rings. The third kappa shape index (κ3) is 3.55. The molecule has 0 aromatic heterocycles. The van der Waals surface area contributed by atoms with E-state index in [2.05, 4.69) is 0 Å². The highest BCUT2D eigenvalue weighted by Crippen LogP contribution is 2.36. The van der Waals surface area contributed by atoms with Crippen LogP contribution in [-0.2, 0) is 4.79 Å². The number of benzene rings is 2. The molecule has 0 heterocycles. The van der Waals surface area contributed by atoms with Crippen LogP contribution < -0.4 is 0 Å². The molecule has 2 aromatic carbocycles. The average Bonchev–Trinajstić information content (AvgIpc) is 2.65. The number of carbonyl (C=O) groups excluding carboxylic acids is 2. The Hall–Kier alpha value is -3.53. The zero-order valence-electron chi connectivity index (χ0n) is 15.0. The molecule has 0 saturated carbocycles. The summed E-state index contributed by atoms with van der Waals surface area (Å²) in [6.45, 7) is 3.78. The summed E-state index contributed by atoms with van der Waals surface area (Å²) < 4.78 is 0. The Labute approximate surface area is 157 Å². The van der Waals surface area contributed by atoms with E-state index in [1.165, 1.54) is 18.2 Å². The molecular formula is C23H18O4. The molecule has 0 fully saturated rings. The highest BCUT2D eigenvalue weighted by molar-refractivity contribution is 6.06. The molecule has 3 rings (SSSR count). The van der Waals surface area contributed by atoms with Crippen molar-refractivity contribution in [3.63, 3.8) is 0 Å². The molecule has 1 N–H and O–H groups in total. The van der Waals surface area contributed by atoms with E-state index in [4.69, 9.17) is 0 Å². The van der Waals surface area contributed by atoms with Gasteiger partial charge in [0.25, 0.3) is 0 Å². The quantitative estimate of drug-likeness (QED) is 0.823. The van der Waals surface area contributed by atoms with Gasteiger partial charge in [-0.2, -0.15) is 0 Å². The molecule has 27 heavy (non-hydrogen) atoms. The number of ketones is 1. The summed E-state index contributed by atoms with van der Waals surface area (Å²) in [5.74, 6) is -1.21. The van der Waals surface area contributed by atoms with Gasteiger partial charge in [-0.1, -0.05) is 42.5 Å². The van der Waals surface area contributed by atoms with Crippen molar-refractivity contribution < 1.29 is 19.5 Å². The number of carboxylic acids is 1. The molecule has 0 amide bonds. The van der Waals surface area contributed by atoms with E-state index in [1.807, 2.05) is 38.1 Å². The summed E-state index contributed by atoms with van der Waals surface area (Å²) in [5, 5.41) is 9.73. The molecule has 0 unspecified atom stereocenters. The second-order valence-corrected chi connectivity index (χ2v) is 6.39. The predicted molar refractivity (Wildman–Crippen MR) is 104 cm³/mol. The van der Waals surface area contributed by atoms with Crippen molar-refractivity contribution in [1.82, 2.24) is 0 Å². The molecule has 0 spiro atoms. The van der Waals surface area contributed by atoms with Crippen LogP contribution in [0.1, 0.15) is 44.3 Å². The van der Waals surface area contributed by atoms with Crippen molar-refractivity contribution >= 4 is 23.6 Å². The van der Waals surface area contributed by atoms with Gasteiger partial charge in [-0.05, 0) is 65.5 Å². The molecule has 0 radical (unpaired) electrons. The van der Waals surface area contributed by atoms with Crippen molar-refractivity contribution in [2.75, 3.05) is 0 Å². The van der Waals surface area contributed by atoms with Crippen molar-refractivity contribution in [2.45, 2.75) is 13.8 Å². The molecule has 1 aliphatic carbocycles. The van der Waals surface area contributed by atoms with Gasteiger partial charge in [-0.3, -0.25) is 9.59 Å². The zero-order valence-corrected chi connectivity index (χ0v) is 15.0. The van der Waals surface area contributed by atoms with E-state index in [0.717, 1.165) is 27.8 Å². The van der Waals surface area contributed by atoms with E-state index >= 15 is 0 Å². The Morgan fingerprint density at radius 1 is 0.963 bits per heavy atom. The molecule has 0 bridgehead atoms. The largest absolute Gasteiger partial charge is 0.478 e. The van der Waals surface area contributed by atoms with Crippen molar-refractivity contribution in [2.24, 2.45) is 0 Å². The first kappa shape index (κ1) is 18.3. The van der Waals surface area contributed by atoms with Crippen LogP contribution in [0.5, 0.6) is 0 Å². The minimum absolute atomic E-state index is 0.0449. The molecule has 2 aromatic rings. The standard InChI is InChI=1S/C23H18O4/c1-14-5-3-4-6-18(14)22(19-10-8-17(25)11-15(19)2)20-9-7-16(13-24)12-21(20)23(26)27/h3-13H,1-2H3,(H,26,27)/b22-19+. The Morgan fingerprint density at radius 3 is 2.33 bits per heavy atom. The second kappa shape index (κ2) is 7.38. The van der Waals surface area contributed by atoms with Gasteiger partial charge in [-0.25, -0.2) is 4.79 Å². The summed E-state index contributed by atoms with van der Waals surface area (Å²) in [4.78, 5) is 34.7. The Bertz CT molecular complexity index is 1050.